The fraction of sp³-hybridized carbons (Fsp3) is 0.259. The van der Waals surface area contributed by atoms with Crippen LogP contribution < -0.4 is 10.6 Å². The maximum Gasteiger partial charge on any atom is 0.409 e. The van der Waals surface area contributed by atoms with Crippen molar-refractivity contribution in [3.05, 3.63) is 82.9 Å². The summed E-state index contributed by atoms with van der Waals surface area (Å²) in [5, 5.41) is 0. The normalized spacial score (nSPS) is 15.2. The molecule has 0 saturated carbocycles. The molecule has 0 aromatic heterocycles. The van der Waals surface area contributed by atoms with E-state index >= 15 is 0 Å². The van der Waals surface area contributed by atoms with Crippen molar-refractivity contribution in [1.29, 1.82) is 0 Å². The molecular formula is C27H27N3O3. The van der Waals surface area contributed by atoms with Crippen LogP contribution in [0, 0.1) is 6.92 Å². The van der Waals surface area contributed by atoms with E-state index in [1.165, 1.54) is 22.3 Å². The Morgan fingerprint density at radius 2 is 1.61 bits per heavy atom. The van der Waals surface area contributed by atoms with Crippen molar-refractivity contribution >= 4 is 23.8 Å². The first kappa shape index (κ1) is 21.1. The number of carbonyl (C=O) groups is 2. The van der Waals surface area contributed by atoms with Crippen LogP contribution >= 0.6 is 0 Å². The largest absolute Gasteiger partial charge is 0.448 e. The third-order valence-electron chi connectivity index (χ3n) is 6.79. The molecule has 5 rings (SSSR count). The predicted octanol–water partition coefficient (Wildman–Crippen LogP) is 4.46. The number of piperazine rings is 1. The van der Waals surface area contributed by atoms with Crippen molar-refractivity contribution in [2.45, 2.75) is 12.8 Å². The quantitative estimate of drug-likeness (QED) is 0.478. The minimum atomic E-state index is -0.283. The molecule has 0 bridgehead atoms. The van der Waals surface area contributed by atoms with E-state index in [2.05, 4.69) is 29.2 Å². The summed E-state index contributed by atoms with van der Waals surface area (Å²) in [5.41, 5.74) is 14.0. The second kappa shape index (κ2) is 8.62. The molecule has 1 aliphatic carbocycles. The highest BCUT2D eigenvalue weighted by Crippen LogP contribution is 2.44. The fourth-order valence-electron chi connectivity index (χ4n) is 4.96. The van der Waals surface area contributed by atoms with Crippen LogP contribution in [0.1, 0.15) is 33.0 Å². The Hall–Kier alpha value is -3.80. The van der Waals surface area contributed by atoms with Gasteiger partial charge in [0.1, 0.15) is 12.9 Å². The van der Waals surface area contributed by atoms with Crippen LogP contribution in [-0.2, 0) is 4.74 Å². The maximum absolute atomic E-state index is 12.9. The number of hydrogen-bond donors (Lipinski definition) is 1. The number of benzene rings is 3. The van der Waals surface area contributed by atoms with Crippen molar-refractivity contribution in [3.8, 4) is 11.1 Å². The van der Waals surface area contributed by atoms with Gasteiger partial charge in [-0.2, -0.15) is 0 Å². The van der Waals surface area contributed by atoms with Crippen LogP contribution in [0.5, 0.6) is 0 Å². The minimum Gasteiger partial charge on any atom is -0.448 e. The van der Waals surface area contributed by atoms with Crippen molar-refractivity contribution in [3.63, 3.8) is 0 Å². The Morgan fingerprint density at radius 1 is 1.00 bits per heavy atom. The van der Waals surface area contributed by atoms with Gasteiger partial charge in [-0.1, -0.05) is 48.5 Å². The van der Waals surface area contributed by atoms with E-state index in [0.29, 0.717) is 44.0 Å². The minimum absolute atomic E-state index is 0.0549. The summed E-state index contributed by atoms with van der Waals surface area (Å²) in [6.45, 7) is 4.71. The topological polar surface area (TPSA) is 75.9 Å². The van der Waals surface area contributed by atoms with Gasteiger partial charge in [0.2, 0.25) is 0 Å². The smallest absolute Gasteiger partial charge is 0.409 e. The average molecular weight is 442 g/mol. The second-order valence-electron chi connectivity index (χ2n) is 8.65. The molecule has 0 spiro atoms. The highest BCUT2D eigenvalue weighted by atomic mass is 16.6. The highest BCUT2D eigenvalue weighted by molar-refractivity contribution is 5.82. The molecule has 1 saturated heterocycles. The first-order chi connectivity index (χ1) is 16.1. The molecule has 168 valence electrons. The van der Waals surface area contributed by atoms with Crippen LogP contribution in [0.3, 0.4) is 0 Å². The Labute approximate surface area is 193 Å². The Bertz CT molecular complexity index is 1170. The van der Waals surface area contributed by atoms with E-state index in [1.807, 2.05) is 37.3 Å². The Balaban J connectivity index is 1.23. The lowest BCUT2D eigenvalue weighted by atomic mass is 9.98. The van der Waals surface area contributed by atoms with Crippen LogP contribution in [-0.4, -0.2) is 50.1 Å². The third-order valence-corrected chi connectivity index (χ3v) is 6.79. The van der Waals surface area contributed by atoms with Gasteiger partial charge < -0.3 is 20.3 Å². The monoisotopic (exact) mass is 441 g/mol. The van der Waals surface area contributed by atoms with E-state index < -0.39 is 0 Å². The number of ether oxygens (including phenoxy) is 1. The van der Waals surface area contributed by atoms with Crippen molar-refractivity contribution in [2.75, 3.05) is 43.4 Å². The summed E-state index contributed by atoms with van der Waals surface area (Å²) in [6.07, 6.45) is 0.529. The van der Waals surface area contributed by atoms with E-state index in [-0.39, 0.29) is 12.0 Å². The lowest BCUT2D eigenvalue weighted by Gasteiger charge is -2.36. The van der Waals surface area contributed by atoms with Gasteiger partial charge in [-0.15, -0.1) is 0 Å². The van der Waals surface area contributed by atoms with Gasteiger partial charge in [-0.3, -0.25) is 4.79 Å². The van der Waals surface area contributed by atoms with Crippen molar-refractivity contribution < 1.29 is 14.3 Å². The number of nitrogens with zero attached hydrogens (tertiary/aromatic N) is 2. The SMILES string of the molecule is Cc1c(N)cc(C=O)cc1N1CCN(C(=O)OCC2c3ccccc3-c3ccccc32)CC1. The molecule has 0 atom stereocenters. The summed E-state index contributed by atoms with van der Waals surface area (Å²) in [4.78, 5) is 28.0. The number of amides is 1. The molecule has 0 radical (unpaired) electrons. The number of carbonyl (C=O) groups excluding carboxylic acids is 2. The lowest BCUT2D eigenvalue weighted by molar-refractivity contribution is 0.0976. The summed E-state index contributed by atoms with van der Waals surface area (Å²) < 4.78 is 5.80. The molecule has 0 unspecified atom stereocenters. The molecular weight excluding hydrogens is 414 g/mol. The predicted molar refractivity (Wildman–Crippen MR) is 130 cm³/mol. The van der Waals surface area contributed by atoms with Gasteiger partial charge >= 0.3 is 6.09 Å². The Morgan fingerprint density at radius 3 is 2.21 bits per heavy atom. The lowest BCUT2D eigenvalue weighted by Crippen LogP contribution is -2.49. The van der Waals surface area contributed by atoms with Gasteiger partial charge in [-0.25, -0.2) is 4.79 Å². The molecule has 33 heavy (non-hydrogen) atoms. The number of anilines is 2. The molecule has 2 aliphatic rings. The number of hydrogen-bond acceptors (Lipinski definition) is 5. The second-order valence-corrected chi connectivity index (χ2v) is 8.65. The third kappa shape index (κ3) is 3.82. The summed E-state index contributed by atoms with van der Waals surface area (Å²) in [6, 6.07) is 20.2. The molecule has 6 heteroatoms. The van der Waals surface area contributed by atoms with E-state index in [1.54, 1.807) is 11.0 Å². The molecule has 3 aromatic rings. The molecule has 1 fully saturated rings. The van der Waals surface area contributed by atoms with Gasteiger partial charge in [-0.05, 0) is 46.9 Å². The standard InChI is InChI=1S/C27H27N3O3/c1-18-25(28)14-19(16-31)15-26(18)29-10-12-30(13-11-29)27(32)33-17-24-22-8-4-2-6-20(22)21-7-3-5-9-23(21)24/h2-9,14-16,24H,10-13,17,28H2,1H3. The van der Waals surface area contributed by atoms with Gasteiger partial charge in [0.05, 0.1) is 0 Å². The van der Waals surface area contributed by atoms with Crippen molar-refractivity contribution in [2.24, 2.45) is 0 Å². The van der Waals surface area contributed by atoms with E-state index in [9.17, 15) is 9.59 Å². The van der Waals surface area contributed by atoms with Crippen LogP contribution in [0.15, 0.2) is 60.7 Å². The Kier molecular flexibility index (Phi) is 5.50. The maximum atomic E-state index is 12.9. The zero-order valence-corrected chi connectivity index (χ0v) is 18.7. The fourth-order valence-corrected chi connectivity index (χ4v) is 4.96. The number of nitrogens with two attached hydrogens (primary N) is 1. The number of aldehydes is 1. The zero-order valence-electron chi connectivity index (χ0n) is 18.7. The zero-order chi connectivity index (χ0) is 22.9. The summed E-state index contributed by atoms with van der Waals surface area (Å²) in [5.74, 6) is 0.0549. The molecule has 2 N–H and O–H groups in total. The average Bonchev–Trinajstić information content (AvgIpc) is 3.18. The van der Waals surface area contributed by atoms with Crippen LogP contribution in [0.25, 0.3) is 11.1 Å². The van der Waals surface area contributed by atoms with Gasteiger partial charge in [0, 0.05) is 49.0 Å². The first-order valence-electron chi connectivity index (χ1n) is 11.3. The summed E-state index contributed by atoms with van der Waals surface area (Å²) in [7, 11) is 0. The highest BCUT2D eigenvalue weighted by Gasteiger charge is 2.30. The molecule has 1 aliphatic heterocycles. The summed E-state index contributed by atoms with van der Waals surface area (Å²) >= 11 is 0. The number of fused-ring (bicyclic) bond motifs is 3. The van der Waals surface area contributed by atoms with Gasteiger partial charge in [0.15, 0.2) is 0 Å². The molecule has 6 nitrogen and oxygen atoms in total. The van der Waals surface area contributed by atoms with Crippen LogP contribution in [0.4, 0.5) is 16.2 Å². The van der Waals surface area contributed by atoms with Crippen LogP contribution in [0.2, 0.25) is 0 Å². The van der Waals surface area contributed by atoms with Crippen molar-refractivity contribution in [1.82, 2.24) is 4.90 Å². The molecule has 3 aromatic carbocycles. The molecule has 1 amide bonds. The molecule has 1 heterocycles. The van der Waals surface area contributed by atoms with Gasteiger partial charge in [0.25, 0.3) is 0 Å². The number of rotatable bonds is 4. The first-order valence-corrected chi connectivity index (χ1v) is 11.3. The van der Waals surface area contributed by atoms with E-state index in [0.717, 1.165) is 17.5 Å². The number of nitrogen functional groups attached to an aromatic ring is 1. The van der Waals surface area contributed by atoms with E-state index in [4.69, 9.17) is 10.5 Å².